The molecule has 1 atom stereocenters. The van der Waals surface area contributed by atoms with E-state index in [0.717, 1.165) is 23.0 Å². The lowest BCUT2D eigenvalue weighted by atomic mass is 9.78. The third kappa shape index (κ3) is 4.31. The fraction of sp³-hybridized carbons (Fsp3) is 0.647. The maximum absolute atomic E-state index is 10.2. The van der Waals surface area contributed by atoms with Gasteiger partial charge in [-0.3, -0.25) is 0 Å². The number of likely N-dealkylation sites (tertiary alicyclic amines) is 1. The van der Waals surface area contributed by atoms with Gasteiger partial charge in [-0.15, -0.1) is 0 Å². The molecule has 2 nitrogen and oxygen atoms in total. The van der Waals surface area contributed by atoms with Crippen molar-refractivity contribution in [2.75, 3.05) is 19.6 Å². The van der Waals surface area contributed by atoms with Gasteiger partial charge in [0.15, 0.2) is 0 Å². The van der Waals surface area contributed by atoms with Crippen LogP contribution in [-0.4, -0.2) is 29.6 Å². The molecule has 20 heavy (non-hydrogen) atoms. The highest BCUT2D eigenvalue weighted by Crippen LogP contribution is 2.34. The first-order valence-electron chi connectivity index (χ1n) is 7.68. The van der Waals surface area contributed by atoms with Crippen molar-refractivity contribution >= 4 is 15.9 Å². The summed E-state index contributed by atoms with van der Waals surface area (Å²) in [5.74, 6) is 0. The standard InChI is InChI=1S/C17H26BrNO/c1-3-17(2)9-12-19(13-10-17)11-8-16(20)14-4-6-15(18)7-5-14/h4-7,16,20H,3,8-13H2,1-2H3. The fourth-order valence-electron chi connectivity index (χ4n) is 2.83. The molecule has 1 fully saturated rings. The van der Waals surface area contributed by atoms with Crippen LogP contribution in [0.25, 0.3) is 0 Å². The summed E-state index contributed by atoms with van der Waals surface area (Å²) < 4.78 is 1.06. The second kappa shape index (κ2) is 7.06. The minimum absolute atomic E-state index is 0.345. The summed E-state index contributed by atoms with van der Waals surface area (Å²) in [6.45, 7) is 8.06. The first kappa shape index (κ1) is 16.0. The number of aliphatic hydroxyl groups is 1. The molecule has 1 N–H and O–H groups in total. The number of hydrogen-bond donors (Lipinski definition) is 1. The van der Waals surface area contributed by atoms with Crippen molar-refractivity contribution in [3.05, 3.63) is 34.3 Å². The van der Waals surface area contributed by atoms with Crippen molar-refractivity contribution in [2.24, 2.45) is 5.41 Å². The van der Waals surface area contributed by atoms with Gasteiger partial charge in [0.1, 0.15) is 0 Å². The summed E-state index contributed by atoms with van der Waals surface area (Å²) in [4.78, 5) is 2.50. The largest absolute Gasteiger partial charge is 0.388 e. The average molecular weight is 340 g/mol. The second-order valence-electron chi connectivity index (χ2n) is 6.36. The molecule has 0 aliphatic carbocycles. The molecular formula is C17H26BrNO. The lowest BCUT2D eigenvalue weighted by Gasteiger charge is -2.39. The summed E-state index contributed by atoms with van der Waals surface area (Å²) >= 11 is 3.42. The number of hydrogen-bond acceptors (Lipinski definition) is 2. The van der Waals surface area contributed by atoms with Gasteiger partial charge in [-0.05, 0) is 55.5 Å². The Morgan fingerprint density at radius 3 is 2.40 bits per heavy atom. The van der Waals surface area contributed by atoms with Crippen LogP contribution in [-0.2, 0) is 0 Å². The minimum Gasteiger partial charge on any atom is -0.388 e. The number of piperidine rings is 1. The van der Waals surface area contributed by atoms with Crippen LogP contribution in [0, 0.1) is 5.41 Å². The highest BCUT2D eigenvalue weighted by atomic mass is 79.9. The molecule has 112 valence electrons. The number of rotatable bonds is 5. The Balaban J connectivity index is 1.77. The quantitative estimate of drug-likeness (QED) is 0.860. The van der Waals surface area contributed by atoms with Crippen LogP contribution in [0.5, 0.6) is 0 Å². The highest BCUT2D eigenvalue weighted by Gasteiger charge is 2.28. The summed E-state index contributed by atoms with van der Waals surface area (Å²) in [7, 11) is 0. The molecule has 0 radical (unpaired) electrons. The monoisotopic (exact) mass is 339 g/mol. The number of nitrogens with zero attached hydrogens (tertiary/aromatic N) is 1. The zero-order valence-electron chi connectivity index (χ0n) is 12.6. The zero-order valence-corrected chi connectivity index (χ0v) is 14.2. The molecule has 0 amide bonds. The van der Waals surface area contributed by atoms with Crippen molar-refractivity contribution in [1.82, 2.24) is 4.90 Å². The normalized spacial score (nSPS) is 20.8. The van der Waals surface area contributed by atoms with Gasteiger partial charge in [0, 0.05) is 11.0 Å². The van der Waals surface area contributed by atoms with E-state index in [1.165, 1.54) is 32.4 Å². The van der Waals surface area contributed by atoms with Crippen LogP contribution in [0.15, 0.2) is 28.7 Å². The summed E-state index contributed by atoms with van der Waals surface area (Å²) in [6, 6.07) is 7.98. The molecule has 1 aromatic rings. The first-order valence-corrected chi connectivity index (χ1v) is 8.47. The van der Waals surface area contributed by atoms with E-state index in [-0.39, 0.29) is 6.10 Å². The Kier molecular flexibility index (Phi) is 5.65. The fourth-order valence-corrected chi connectivity index (χ4v) is 3.09. The predicted molar refractivity (Wildman–Crippen MR) is 87.8 cm³/mol. The van der Waals surface area contributed by atoms with Crippen molar-refractivity contribution in [3.8, 4) is 0 Å². The summed E-state index contributed by atoms with van der Waals surface area (Å²) in [5, 5.41) is 10.2. The van der Waals surface area contributed by atoms with Crippen molar-refractivity contribution in [3.63, 3.8) is 0 Å². The number of halogens is 1. The zero-order chi connectivity index (χ0) is 14.6. The second-order valence-corrected chi connectivity index (χ2v) is 7.28. The molecule has 0 spiro atoms. The van der Waals surface area contributed by atoms with E-state index in [4.69, 9.17) is 0 Å². The third-order valence-corrected chi connectivity index (χ3v) is 5.42. The van der Waals surface area contributed by atoms with E-state index in [2.05, 4.69) is 34.7 Å². The summed E-state index contributed by atoms with van der Waals surface area (Å²) in [5.41, 5.74) is 1.56. The predicted octanol–water partition coefficient (Wildman–Crippen LogP) is 4.38. The molecule has 1 aliphatic heterocycles. The van der Waals surface area contributed by atoms with Crippen LogP contribution < -0.4 is 0 Å². The lowest BCUT2D eigenvalue weighted by Crippen LogP contribution is -2.39. The van der Waals surface area contributed by atoms with E-state index < -0.39 is 0 Å². The van der Waals surface area contributed by atoms with Gasteiger partial charge in [-0.2, -0.15) is 0 Å². The maximum Gasteiger partial charge on any atom is 0.0802 e. The van der Waals surface area contributed by atoms with E-state index in [1.807, 2.05) is 24.3 Å². The number of benzene rings is 1. The topological polar surface area (TPSA) is 23.5 Å². The summed E-state index contributed by atoms with van der Waals surface area (Å²) in [6.07, 6.45) is 4.34. The van der Waals surface area contributed by atoms with Gasteiger partial charge in [-0.25, -0.2) is 0 Å². The van der Waals surface area contributed by atoms with E-state index in [1.54, 1.807) is 0 Å². The van der Waals surface area contributed by atoms with E-state index in [9.17, 15) is 5.11 Å². The van der Waals surface area contributed by atoms with Gasteiger partial charge in [-0.1, -0.05) is 48.3 Å². The molecular weight excluding hydrogens is 314 g/mol. The highest BCUT2D eigenvalue weighted by molar-refractivity contribution is 9.10. The molecule has 3 heteroatoms. The van der Waals surface area contributed by atoms with Crippen LogP contribution in [0.4, 0.5) is 0 Å². The first-order chi connectivity index (χ1) is 9.52. The molecule has 1 aromatic carbocycles. The Morgan fingerprint density at radius 2 is 1.85 bits per heavy atom. The molecule has 1 aliphatic rings. The van der Waals surface area contributed by atoms with Crippen molar-refractivity contribution in [2.45, 2.75) is 45.6 Å². The van der Waals surface area contributed by atoms with Crippen molar-refractivity contribution < 1.29 is 5.11 Å². The third-order valence-electron chi connectivity index (χ3n) is 4.89. The maximum atomic E-state index is 10.2. The van der Waals surface area contributed by atoms with Gasteiger partial charge in [0.2, 0.25) is 0 Å². The molecule has 1 unspecified atom stereocenters. The minimum atomic E-state index is -0.345. The van der Waals surface area contributed by atoms with Gasteiger partial charge in [0.05, 0.1) is 6.10 Å². The SMILES string of the molecule is CCC1(C)CCN(CCC(O)c2ccc(Br)cc2)CC1. The molecule has 1 heterocycles. The van der Waals surface area contributed by atoms with Crippen molar-refractivity contribution in [1.29, 1.82) is 0 Å². The number of aliphatic hydroxyl groups excluding tert-OH is 1. The Hall–Kier alpha value is -0.380. The van der Waals surface area contributed by atoms with E-state index in [0.29, 0.717) is 5.41 Å². The Bertz CT molecular complexity index is 410. The lowest BCUT2D eigenvalue weighted by molar-refractivity contribution is 0.0910. The molecule has 0 aromatic heterocycles. The van der Waals surface area contributed by atoms with E-state index >= 15 is 0 Å². The van der Waals surface area contributed by atoms with Gasteiger partial charge >= 0.3 is 0 Å². The Labute approximate surface area is 131 Å². The van der Waals surface area contributed by atoms with Gasteiger partial charge in [0.25, 0.3) is 0 Å². The average Bonchev–Trinajstić information content (AvgIpc) is 2.47. The van der Waals surface area contributed by atoms with Crippen LogP contribution >= 0.6 is 15.9 Å². The van der Waals surface area contributed by atoms with Crippen LogP contribution in [0.3, 0.4) is 0 Å². The molecule has 0 saturated carbocycles. The molecule has 0 bridgehead atoms. The van der Waals surface area contributed by atoms with Crippen LogP contribution in [0.2, 0.25) is 0 Å². The van der Waals surface area contributed by atoms with Gasteiger partial charge < -0.3 is 10.0 Å². The van der Waals surface area contributed by atoms with Crippen LogP contribution in [0.1, 0.15) is 51.2 Å². The molecule has 1 saturated heterocycles. The molecule has 2 rings (SSSR count). The smallest absolute Gasteiger partial charge is 0.0802 e. The Morgan fingerprint density at radius 1 is 1.25 bits per heavy atom.